The predicted molar refractivity (Wildman–Crippen MR) is 132 cm³/mol. The number of thiophene rings is 1. The summed E-state index contributed by atoms with van der Waals surface area (Å²) in [6.07, 6.45) is 3.61. The van der Waals surface area contributed by atoms with Crippen molar-refractivity contribution in [1.82, 2.24) is 4.90 Å². The Balaban J connectivity index is 1.59. The van der Waals surface area contributed by atoms with Crippen LogP contribution in [0.5, 0.6) is 11.5 Å². The van der Waals surface area contributed by atoms with Gasteiger partial charge in [0.15, 0.2) is 23.0 Å². The van der Waals surface area contributed by atoms with E-state index in [0.29, 0.717) is 24.5 Å². The number of hydrogen-bond donors (Lipinski definition) is 1. The Hall–Kier alpha value is -3.84. The van der Waals surface area contributed by atoms with Gasteiger partial charge in [-0.15, -0.1) is 11.3 Å². The molecule has 0 bridgehead atoms. The molecular formula is C27H25NO5S. The van der Waals surface area contributed by atoms with Crippen molar-refractivity contribution in [2.45, 2.75) is 12.5 Å². The van der Waals surface area contributed by atoms with Crippen molar-refractivity contribution in [2.24, 2.45) is 0 Å². The lowest BCUT2D eigenvalue weighted by molar-refractivity contribution is -0.129. The summed E-state index contributed by atoms with van der Waals surface area (Å²) in [6.45, 7) is 0.320. The Morgan fingerprint density at radius 2 is 1.82 bits per heavy atom. The summed E-state index contributed by atoms with van der Waals surface area (Å²) in [5.41, 5.74) is 1.91. The molecule has 0 unspecified atom stereocenters. The third-order valence-corrected chi connectivity index (χ3v) is 6.62. The summed E-state index contributed by atoms with van der Waals surface area (Å²) in [7, 11) is 3.15. The second-order valence-corrected chi connectivity index (χ2v) is 8.71. The molecular weight excluding hydrogens is 450 g/mol. The van der Waals surface area contributed by atoms with Crippen LogP contribution in [0.1, 0.15) is 22.0 Å². The van der Waals surface area contributed by atoms with Crippen molar-refractivity contribution < 1.29 is 24.2 Å². The highest BCUT2D eigenvalue weighted by Gasteiger charge is 2.43. The number of rotatable bonds is 9. The lowest BCUT2D eigenvalue weighted by Gasteiger charge is -2.25. The number of hydrogen-bond acceptors (Lipinski definition) is 6. The SMILES string of the molecule is COc1ccc(CCN2C(=O)C(O)=C(C(=O)/C=C/c3ccccc3)[C@H]2c2cccs2)cc1OC. The summed E-state index contributed by atoms with van der Waals surface area (Å²) in [5.74, 6) is -0.201. The van der Waals surface area contributed by atoms with Crippen LogP contribution in [0.3, 0.4) is 0 Å². The largest absolute Gasteiger partial charge is 0.503 e. The second-order valence-electron chi connectivity index (χ2n) is 7.73. The van der Waals surface area contributed by atoms with Crippen LogP contribution >= 0.6 is 11.3 Å². The lowest BCUT2D eigenvalue weighted by atomic mass is 10.0. The molecule has 174 valence electrons. The minimum atomic E-state index is -0.638. The molecule has 1 aliphatic heterocycles. The Morgan fingerprint density at radius 1 is 1.06 bits per heavy atom. The first kappa shape index (κ1) is 23.3. The van der Waals surface area contributed by atoms with Gasteiger partial charge >= 0.3 is 0 Å². The minimum absolute atomic E-state index is 0.104. The Bertz CT molecular complexity index is 1230. The van der Waals surface area contributed by atoms with Crippen LogP contribution in [0.4, 0.5) is 0 Å². The molecule has 2 aromatic carbocycles. The van der Waals surface area contributed by atoms with Gasteiger partial charge in [-0.3, -0.25) is 9.59 Å². The number of benzene rings is 2. The van der Waals surface area contributed by atoms with E-state index >= 15 is 0 Å². The standard InChI is InChI=1S/C27H25NO5S/c1-32-21-13-11-19(17-22(21)33-2)14-15-28-25(23-9-6-16-34-23)24(26(30)27(28)31)20(29)12-10-18-7-4-3-5-8-18/h3-13,16-17,25,30H,14-15H2,1-2H3/b12-10+/t25-/m1/s1. The molecule has 0 spiro atoms. The molecule has 0 radical (unpaired) electrons. The van der Waals surface area contributed by atoms with E-state index in [-0.39, 0.29) is 11.4 Å². The van der Waals surface area contributed by atoms with Gasteiger partial charge in [0.05, 0.1) is 25.8 Å². The van der Waals surface area contributed by atoms with Crippen molar-refractivity contribution in [3.8, 4) is 11.5 Å². The number of nitrogens with zero attached hydrogens (tertiary/aromatic N) is 1. The molecule has 7 heteroatoms. The molecule has 3 aromatic rings. The van der Waals surface area contributed by atoms with E-state index in [1.807, 2.05) is 66.0 Å². The number of aliphatic hydroxyl groups excluding tert-OH is 1. The van der Waals surface area contributed by atoms with Gasteiger partial charge in [0.1, 0.15) is 0 Å². The highest BCUT2D eigenvalue weighted by Crippen LogP contribution is 2.40. The molecule has 1 atom stereocenters. The fourth-order valence-electron chi connectivity index (χ4n) is 3.99. The van der Waals surface area contributed by atoms with Crippen LogP contribution in [0.15, 0.2) is 83.5 Å². The quantitative estimate of drug-likeness (QED) is 0.442. The third kappa shape index (κ3) is 4.75. The van der Waals surface area contributed by atoms with E-state index < -0.39 is 17.7 Å². The Labute approximate surface area is 202 Å². The topological polar surface area (TPSA) is 76.1 Å². The average molecular weight is 476 g/mol. The molecule has 2 heterocycles. The van der Waals surface area contributed by atoms with Gasteiger partial charge in [-0.25, -0.2) is 0 Å². The number of aliphatic hydroxyl groups is 1. The predicted octanol–water partition coefficient (Wildman–Crippen LogP) is 4.99. The molecule has 0 saturated heterocycles. The van der Waals surface area contributed by atoms with Gasteiger partial charge in [-0.05, 0) is 47.2 Å². The summed E-state index contributed by atoms with van der Waals surface area (Å²) in [5, 5.41) is 12.6. The number of carbonyl (C=O) groups excluding carboxylic acids is 2. The molecule has 0 saturated carbocycles. The summed E-state index contributed by atoms with van der Waals surface area (Å²) in [4.78, 5) is 28.6. The normalized spacial score (nSPS) is 15.9. The average Bonchev–Trinajstić information content (AvgIpc) is 3.48. The smallest absolute Gasteiger partial charge is 0.290 e. The second kappa shape index (κ2) is 10.4. The van der Waals surface area contributed by atoms with Crippen LogP contribution in [0, 0.1) is 0 Å². The minimum Gasteiger partial charge on any atom is -0.503 e. The van der Waals surface area contributed by atoms with Gasteiger partial charge in [0.2, 0.25) is 0 Å². The Kier molecular flexibility index (Phi) is 7.13. The van der Waals surface area contributed by atoms with Gasteiger partial charge in [-0.1, -0.05) is 48.5 Å². The fourth-order valence-corrected chi connectivity index (χ4v) is 4.84. The number of methoxy groups -OCH3 is 2. The van der Waals surface area contributed by atoms with E-state index in [1.54, 1.807) is 25.2 Å². The molecule has 1 N–H and O–H groups in total. The monoisotopic (exact) mass is 475 g/mol. The zero-order chi connectivity index (χ0) is 24.1. The summed E-state index contributed by atoms with van der Waals surface area (Å²) < 4.78 is 10.7. The molecule has 1 amide bonds. The number of ether oxygens (including phenoxy) is 2. The van der Waals surface area contributed by atoms with Gasteiger partial charge < -0.3 is 19.5 Å². The van der Waals surface area contributed by atoms with E-state index in [4.69, 9.17) is 9.47 Å². The molecule has 6 nitrogen and oxygen atoms in total. The first-order chi connectivity index (χ1) is 16.5. The maximum absolute atomic E-state index is 13.1. The first-order valence-electron chi connectivity index (χ1n) is 10.8. The molecule has 1 aromatic heterocycles. The van der Waals surface area contributed by atoms with Crippen LogP contribution in [0.2, 0.25) is 0 Å². The molecule has 0 aliphatic carbocycles. The first-order valence-corrected chi connectivity index (χ1v) is 11.7. The van der Waals surface area contributed by atoms with Crippen molar-refractivity contribution in [3.05, 3.63) is 99.5 Å². The van der Waals surface area contributed by atoms with Crippen molar-refractivity contribution in [2.75, 3.05) is 20.8 Å². The number of carbonyl (C=O) groups is 2. The lowest BCUT2D eigenvalue weighted by Crippen LogP contribution is -2.32. The van der Waals surface area contributed by atoms with Crippen LogP contribution in [0.25, 0.3) is 6.08 Å². The van der Waals surface area contributed by atoms with Gasteiger partial charge in [-0.2, -0.15) is 0 Å². The van der Waals surface area contributed by atoms with Crippen molar-refractivity contribution in [3.63, 3.8) is 0 Å². The number of allylic oxidation sites excluding steroid dienone is 1. The van der Waals surface area contributed by atoms with Crippen molar-refractivity contribution in [1.29, 1.82) is 0 Å². The molecule has 1 aliphatic rings. The molecule has 0 fully saturated rings. The van der Waals surface area contributed by atoms with Crippen LogP contribution in [-0.4, -0.2) is 42.5 Å². The van der Waals surface area contributed by atoms with E-state index in [2.05, 4.69) is 0 Å². The van der Waals surface area contributed by atoms with E-state index in [9.17, 15) is 14.7 Å². The maximum atomic E-state index is 13.1. The molecule has 34 heavy (non-hydrogen) atoms. The highest BCUT2D eigenvalue weighted by atomic mass is 32.1. The van der Waals surface area contributed by atoms with Crippen molar-refractivity contribution >= 4 is 29.1 Å². The summed E-state index contributed by atoms with van der Waals surface area (Å²) in [6, 6.07) is 18.1. The van der Waals surface area contributed by atoms with Crippen LogP contribution < -0.4 is 9.47 Å². The van der Waals surface area contributed by atoms with Gasteiger partial charge in [0.25, 0.3) is 5.91 Å². The fraction of sp³-hybridized carbons (Fsp3) is 0.185. The molecule has 4 rings (SSSR count). The Morgan fingerprint density at radius 3 is 2.50 bits per heavy atom. The van der Waals surface area contributed by atoms with E-state index in [0.717, 1.165) is 16.0 Å². The zero-order valence-electron chi connectivity index (χ0n) is 18.9. The third-order valence-electron chi connectivity index (χ3n) is 5.70. The van der Waals surface area contributed by atoms with E-state index in [1.165, 1.54) is 17.4 Å². The zero-order valence-corrected chi connectivity index (χ0v) is 19.7. The maximum Gasteiger partial charge on any atom is 0.290 e. The number of ketones is 1. The highest BCUT2D eigenvalue weighted by molar-refractivity contribution is 7.10. The van der Waals surface area contributed by atoms with Crippen LogP contribution in [-0.2, 0) is 16.0 Å². The number of amides is 1. The van der Waals surface area contributed by atoms with Gasteiger partial charge in [0, 0.05) is 11.4 Å². The summed E-state index contributed by atoms with van der Waals surface area (Å²) >= 11 is 1.44.